The first kappa shape index (κ1) is 20.9. The first-order valence-corrected chi connectivity index (χ1v) is 11.3. The van der Waals surface area contributed by atoms with Crippen LogP contribution in [0.1, 0.15) is 60.6 Å². The van der Waals surface area contributed by atoms with Crippen LogP contribution in [-0.2, 0) is 11.2 Å². The van der Waals surface area contributed by atoms with Crippen molar-refractivity contribution in [1.82, 2.24) is 10.2 Å². The molecule has 4 atom stereocenters. The minimum Gasteiger partial charge on any atom is -0.351 e. The van der Waals surface area contributed by atoms with Crippen molar-refractivity contribution in [2.75, 3.05) is 6.54 Å². The first-order valence-electron chi connectivity index (χ1n) is 10.9. The lowest BCUT2D eigenvalue weighted by Gasteiger charge is -2.36. The van der Waals surface area contributed by atoms with Gasteiger partial charge in [0.05, 0.1) is 0 Å². The van der Waals surface area contributed by atoms with E-state index in [2.05, 4.69) is 19.2 Å². The van der Waals surface area contributed by atoms with Gasteiger partial charge in [-0.15, -0.1) is 0 Å². The number of hydrogen-bond donors (Lipinski definition) is 1. The topological polar surface area (TPSA) is 49.4 Å². The van der Waals surface area contributed by atoms with E-state index in [1.807, 2.05) is 48.5 Å². The molecule has 1 N–H and O–H groups in total. The van der Waals surface area contributed by atoms with Gasteiger partial charge in [0.15, 0.2) is 0 Å². The highest BCUT2D eigenvalue weighted by molar-refractivity contribution is 6.30. The van der Waals surface area contributed by atoms with Crippen LogP contribution in [0.2, 0.25) is 5.02 Å². The van der Waals surface area contributed by atoms with Crippen LogP contribution in [0.4, 0.5) is 0 Å². The van der Waals surface area contributed by atoms with Crippen LogP contribution < -0.4 is 5.32 Å². The summed E-state index contributed by atoms with van der Waals surface area (Å²) in [5.41, 5.74) is 2.54. The number of benzene rings is 2. The van der Waals surface area contributed by atoms with Crippen LogP contribution in [0.15, 0.2) is 48.5 Å². The number of rotatable bonds is 5. The predicted molar refractivity (Wildman–Crippen MR) is 119 cm³/mol. The van der Waals surface area contributed by atoms with Gasteiger partial charge in [0.25, 0.3) is 5.91 Å². The van der Waals surface area contributed by atoms with E-state index in [1.165, 1.54) is 6.42 Å². The third kappa shape index (κ3) is 4.11. The Morgan fingerprint density at radius 1 is 1.10 bits per heavy atom. The Kier molecular flexibility index (Phi) is 6.14. The molecule has 2 amide bonds. The molecule has 0 bridgehead atoms. The smallest absolute Gasteiger partial charge is 0.255 e. The Morgan fingerprint density at radius 3 is 2.60 bits per heavy atom. The lowest BCUT2D eigenvalue weighted by Crippen LogP contribution is -2.48. The maximum absolute atomic E-state index is 13.4. The molecule has 4 unspecified atom stereocenters. The van der Waals surface area contributed by atoms with Crippen molar-refractivity contribution in [3.8, 4) is 0 Å². The largest absolute Gasteiger partial charge is 0.351 e. The van der Waals surface area contributed by atoms with Crippen LogP contribution in [0.5, 0.6) is 0 Å². The van der Waals surface area contributed by atoms with Gasteiger partial charge in [0, 0.05) is 23.2 Å². The second-order valence-electron chi connectivity index (χ2n) is 8.75. The number of nitrogens with zero attached hydrogens (tertiary/aromatic N) is 1. The fourth-order valence-electron chi connectivity index (χ4n) is 4.83. The molecule has 0 spiro atoms. The second-order valence-corrected chi connectivity index (χ2v) is 9.18. The Hall–Kier alpha value is -2.33. The highest BCUT2D eigenvalue weighted by Gasteiger charge is 2.41. The van der Waals surface area contributed by atoms with E-state index in [0.29, 0.717) is 35.4 Å². The molecule has 158 valence electrons. The molecule has 2 aromatic carbocycles. The van der Waals surface area contributed by atoms with Gasteiger partial charge in [-0.25, -0.2) is 0 Å². The molecule has 0 saturated heterocycles. The van der Waals surface area contributed by atoms with Crippen LogP contribution in [0.3, 0.4) is 0 Å². The summed E-state index contributed by atoms with van der Waals surface area (Å²) in [5, 5.41) is 3.98. The van der Waals surface area contributed by atoms with Crippen molar-refractivity contribution >= 4 is 23.4 Å². The molecule has 2 aliphatic rings. The Morgan fingerprint density at radius 2 is 1.83 bits per heavy atom. The predicted octanol–water partition coefficient (Wildman–Crippen LogP) is 5.02. The summed E-state index contributed by atoms with van der Waals surface area (Å²) in [6.07, 6.45) is 4.03. The molecule has 0 radical (unpaired) electrons. The van der Waals surface area contributed by atoms with E-state index < -0.39 is 6.04 Å². The highest BCUT2D eigenvalue weighted by atomic mass is 35.5. The fraction of sp³-hybridized carbons (Fsp3) is 0.440. The van der Waals surface area contributed by atoms with Crippen molar-refractivity contribution < 1.29 is 9.59 Å². The molecule has 5 heteroatoms. The first-order chi connectivity index (χ1) is 14.5. The maximum atomic E-state index is 13.4. The third-order valence-electron chi connectivity index (χ3n) is 6.90. The Balaban J connectivity index is 1.54. The van der Waals surface area contributed by atoms with E-state index >= 15 is 0 Å². The average molecular weight is 425 g/mol. The lowest BCUT2D eigenvalue weighted by molar-refractivity contribution is -0.127. The summed E-state index contributed by atoms with van der Waals surface area (Å²) in [6, 6.07) is 14.7. The van der Waals surface area contributed by atoms with Gasteiger partial charge >= 0.3 is 0 Å². The SMILES string of the molecule is CC1CCCC(NC(=O)C2c3ccccc3C(=O)N2CCc2ccc(Cl)cc2)C1C. The van der Waals surface area contributed by atoms with E-state index in [1.54, 1.807) is 4.90 Å². The summed E-state index contributed by atoms with van der Waals surface area (Å²) in [7, 11) is 0. The standard InChI is InChI=1S/C25H29ClN2O2/c1-16-6-5-9-22(17(16)2)27-24(29)23-20-7-3-4-8-21(20)25(30)28(23)15-14-18-10-12-19(26)13-11-18/h3-4,7-8,10-13,16-17,22-23H,5-6,9,14-15H2,1-2H3,(H,27,29). The summed E-state index contributed by atoms with van der Waals surface area (Å²) < 4.78 is 0. The summed E-state index contributed by atoms with van der Waals surface area (Å²) in [5.74, 6) is 0.917. The molecule has 2 aromatic rings. The molecular weight excluding hydrogens is 396 g/mol. The van der Waals surface area contributed by atoms with E-state index in [9.17, 15) is 9.59 Å². The van der Waals surface area contributed by atoms with Crippen LogP contribution in [-0.4, -0.2) is 29.3 Å². The van der Waals surface area contributed by atoms with Crippen molar-refractivity contribution in [3.63, 3.8) is 0 Å². The van der Waals surface area contributed by atoms with Crippen LogP contribution >= 0.6 is 11.6 Å². The van der Waals surface area contributed by atoms with E-state index in [4.69, 9.17) is 11.6 Å². The van der Waals surface area contributed by atoms with Crippen LogP contribution in [0, 0.1) is 11.8 Å². The molecule has 4 rings (SSSR count). The minimum atomic E-state index is -0.564. The van der Waals surface area contributed by atoms with Crippen molar-refractivity contribution in [2.45, 2.75) is 51.6 Å². The molecule has 30 heavy (non-hydrogen) atoms. The molecule has 1 aliphatic carbocycles. The number of carbonyl (C=O) groups excluding carboxylic acids is 2. The number of amides is 2. The molecule has 1 fully saturated rings. The zero-order valence-corrected chi connectivity index (χ0v) is 18.4. The fourth-order valence-corrected chi connectivity index (χ4v) is 4.96. The molecular formula is C25H29ClN2O2. The molecule has 0 aromatic heterocycles. The number of hydrogen-bond acceptors (Lipinski definition) is 2. The quantitative estimate of drug-likeness (QED) is 0.732. The van der Waals surface area contributed by atoms with Gasteiger partial charge in [0.2, 0.25) is 5.91 Å². The number of fused-ring (bicyclic) bond motifs is 1. The number of nitrogens with one attached hydrogen (secondary N) is 1. The monoisotopic (exact) mass is 424 g/mol. The van der Waals surface area contributed by atoms with Gasteiger partial charge in [0.1, 0.15) is 6.04 Å². The summed E-state index contributed by atoms with van der Waals surface area (Å²) in [4.78, 5) is 28.3. The number of carbonyl (C=O) groups is 2. The molecule has 1 saturated carbocycles. The highest BCUT2D eigenvalue weighted by Crippen LogP contribution is 2.35. The minimum absolute atomic E-state index is 0.0599. The van der Waals surface area contributed by atoms with E-state index in [0.717, 1.165) is 24.0 Å². The van der Waals surface area contributed by atoms with Gasteiger partial charge in [-0.2, -0.15) is 0 Å². The van der Waals surface area contributed by atoms with E-state index in [-0.39, 0.29) is 17.9 Å². The Labute approximate surface area is 183 Å². The normalized spacial score (nSPS) is 25.8. The number of halogens is 1. The lowest BCUT2D eigenvalue weighted by atomic mass is 9.78. The second kappa shape index (κ2) is 8.81. The van der Waals surface area contributed by atoms with Gasteiger partial charge in [-0.3, -0.25) is 9.59 Å². The zero-order chi connectivity index (χ0) is 21.3. The molecule has 1 aliphatic heterocycles. The summed E-state index contributed by atoms with van der Waals surface area (Å²) >= 11 is 5.98. The van der Waals surface area contributed by atoms with Crippen molar-refractivity contribution in [1.29, 1.82) is 0 Å². The van der Waals surface area contributed by atoms with Crippen LogP contribution in [0.25, 0.3) is 0 Å². The Bertz CT molecular complexity index is 927. The summed E-state index contributed by atoms with van der Waals surface area (Å²) in [6.45, 7) is 4.97. The van der Waals surface area contributed by atoms with Gasteiger partial charge < -0.3 is 10.2 Å². The maximum Gasteiger partial charge on any atom is 0.255 e. The zero-order valence-electron chi connectivity index (χ0n) is 17.6. The van der Waals surface area contributed by atoms with Crippen molar-refractivity contribution in [3.05, 3.63) is 70.2 Å². The molecule has 1 heterocycles. The van der Waals surface area contributed by atoms with Crippen molar-refractivity contribution in [2.24, 2.45) is 11.8 Å². The third-order valence-corrected chi connectivity index (χ3v) is 7.15. The van der Waals surface area contributed by atoms with Gasteiger partial charge in [-0.05, 0) is 54.0 Å². The molecule has 4 nitrogen and oxygen atoms in total. The average Bonchev–Trinajstić information content (AvgIpc) is 3.03. The van der Waals surface area contributed by atoms with Gasteiger partial charge in [-0.1, -0.05) is 68.6 Å².